The number of rotatable bonds is 14. The summed E-state index contributed by atoms with van der Waals surface area (Å²) in [6.07, 6.45) is 12.8. The van der Waals surface area contributed by atoms with Crippen molar-refractivity contribution in [1.82, 2.24) is 0 Å². The van der Waals surface area contributed by atoms with Gasteiger partial charge in [0.15, 0.2) is 0 Å². The van der Waals surface area contributed by atoms with Crippen LogP contribution in [0.5, 0.6) is 0 Å². The predicted molar refractivity (Wildman–Crippen MR) is 125 cm³/mol. The Bertz CT molecular complexity index is 518. The molecule has 0 atom stereocenters. The van der Waals surface area contributed by atoms with Gasteiger partial charge in [0.2, 0.25) is 0 Å². The van der Waals surface area contributed by atoms with E-state index in [1.165, 1.54) is 0 Å². The van der Waals surface area contributed by atoms with Crippen LogP contribution < -0.4 is 6.47 Å². The fourth-order valence-electron chi connectivity index (χ4n) is 3.90. The van der Waals surface area contributed by atoms with E-state index in [1.807, 2.05) is 11.3 Å². The summed E-state index contributed by atoms with van der Waals surface area (Å²) in [6.45, 7) is 24.5. The molecular formula is C22H32SSn2. The van der Waals surface area contributed by atoms with Crippen molar-refractivity contribution < 1.29 is 0 Å². The molecule has 1 aromatic rings. The first-order valence-corrected chi connectivity index (χ1v) is 24.7. The molecule has 0 aliphatic heterocycles. The molecule has 0 bridgehead atoms. The summed E-state index contributed by atoms with van der Waals surface area (Å²) < 4.78 is 10.3. The Morgan fingerprint density at radius 1 is 0.640 bits per heavy atom. The van der Waals surface area contributed by atoms with Crippen molar-refractivity contribution in [3.8, 4) is 0 Å². The molecule has 0 aromatic carbocycles. The van der Waals surface area contributed by atoms with E-state index in [2.05, 4.69) is 87.4 Å². The van der Waals surface area contributed by atoms with Crippen molar-refractivity contribution in [3.63, 3.8) is 0 Å². The number of hydrogen-bond donors (Lipinski definition) is 0. The molecule has 0 nitrogen and oxygen atoms in total. The third-order valence-corrected chi connectivity index (χ3v) is 38.4. The van der Waals surface area contributed by atoms with Crippen molar-refractivity contribution >= 4 is 54.6 Å². The fourth-order valence-corrected chi connectivity index (χ4v) is 41.8. The normalized spacial score (nSPS) is 11.5. The van der Waals surface area contributed by atoms with E-state index in [9.17, 15) is 0 Å². The standard InChI is InChI=1S/C4H2S.6C3H5.2Sn/c1-2-4-5-3-1;6*1-3-2;;/h1,3H;6*3H,1-2H2;;. The summed E-state index contributed by atoms with van der Waals surface area (Å²) in [5.41, 5.74) is 0. The Balaban J connectivity index is 3.63. The Morgan fingerprint density at radius 3 is 1.36 bits per heavy atom. The van der Waals surface area contributed by atoms with Crippen LogP contribution in [0.3, 0.4) is 0 Å². The van der Waals surface area contributed by atoms with Crippen molar-refractivity contribution in [2.75, 3.05) is 0 Å². The van der Waals surface area contributed by atoms with Crippen LogP contribution in [0.4, 0.5) is 0 Å². The average Bonchev–Trinajstić information content (AvgIpc) is 3.07. The second-order valence-electron chi connectivity index (χ2n) is 6.68. The fraction of sp³-hybridized carbons (Fsp3) is 0.273. The third-order valence-electron chi connectivity index (χ3n) is 4.93. The van der Waals surface area contributed by atoms with E-state index in [0.29, 0.717) is 0 Å². The van der Waals surface area contributed by atoms with Gasteiger partial charge in [0, 0.05) is 0 Å². The maximum absolute atomic E-state index is 4.08. The van der Waals surface area contributed by atoms with Gasteiger partial charge in [-0.05, 0) is 0 Å². The molecule has 0 aliphatic rings. The van der Waals surface area contributed by atoms with Gasteiger partial charge in [-0.15, -0.1) is 0 Å². The molecule has 0 N–H and O–H groups in total. The maximum atomic E-state index is 4.08. The molecule has 1 rings (SSSR count). The monoisotopic (exact) mass is 568 g/mol. The summed E-state index contributed by atoms with van der Waals surface area (Å²) in [6, 6.07) is 2.42. The molecule has 0 saturated carbocycles. The van der Waals surface area contributed by atoms with Crippen LogP contribution in [0, 0.1) is 0 Å². The number of hydrogen-bond acceptors (Lipinski definition) is 1. The van der Waals surface area contributed by atoms with Crippen LogP contribution in [-0.4, -0.2) is 36.8 Å². The number of allylic oxidation sites excluding steroid dienone is 6. The van der Waals surface area contributed by atoms with Gasteiger partial charge in [-0.1, -0.05) is 0 Å². The van der Waals surface area contributed by atoms with E-state index in [0.717, 1.165) is 26.6 Å². The quantitative estimate of drug-likeness (QED) is 0.187. The molecule has 0 spiro atoms. The van der Waals surface area contributed by atoms with E-state index in [-0.39, 0.29) is 0 Å². The molecule has 0 aliphatic carbocycles. The van der Waals surface area contributed by atoms with Crippen molar-refractivity contribution in [2.45, 2.75) is 26.6 Å². The molecular weight excluding hydrogens is 534 g/mol. The summed E-state index contributed by atoms with van der Waals surface area (Å²) in [5.74, 6) is 0. The summed E-state index contributed by atoms with van der Waals surface area (Å²) in [4.78, 5) is 0. The molecule has 1 heterocycles. The Hall–Kier alpha value is -0.263. The third kappa shape index (κ3) is 5.36. The SMILES string of the molecule is C=C[CH2][Sn]([CH2]C=C)([CH2]C=C)[c]1ccs[c]1[Sn]([CH2]C=C)([CH2]C=C)[CH2]C=C. The molecule has 134 valence electrons. The van der Waals surface area contributed by atoms with Gasteiger partial charge >= 0.3 is 169 Å². The van der Waals surface area contributed by atoms with Gasteiger partial charge in [0.1, 0.15) is 0 Å². The molecule has 0 radical (unpaired) electrons. The van der Waals surface area contributed by atoms with Crippen molar-refractivity contribution in [1.29, 1.82) is 0 Å². The molecule has 0 unspecified atom stereocenters. The van der Waals surface area contributed by atoms with E-state index >= 15 is 0 Å². The van der Waals surface area contributed by atoms with Gasteiger partial charge in [-0.2, -0.15) is 0 Å². The van der Waals surface area contributed by atoms with Gasteiger partial charge in [-0.3, -0.25) is 0 Å². The molecule has 0 amide bonds. The van der Waals surface area contributed by atoms with Crippen LogP contribution >= 0.6 is 11.3 Å². The van der Waals surface area contributed by atoms with E-state index < -0.39 is 36.8 Å². The Morgan fingerprint density at radius 2 is 1.00 bits per heavy atom. The molecule has 0 fully saturated rings. The van der Waals surface area contributed by atoms with Crippen LogP contribution in [0.15, 0.2) is 87.4 Å². The Kier molecular flexibility index (Phi) is 10.4. The minimum atomic E-state index is -2.66. The first-order chi connectivity index (χ1) is 12.1. The zero-order chi connectivity index (χ0) is 18.8. The molecule has 1 aromatic heterocycles. The van der Waals surface area contributed by atoms with Gasteiger partial charge in [0.05, 0.1) is 0 Å². The number of thiophene rings is 1. The molecule has 25 heavy (non-hydrogen) atoms. The predicted octanol–water partition coefficient (Wildman–Crippen LogP) is 6.18. The van der Waals surface area contributed by atoms with Crippen LogP contribution in [0.1, 0.15) is 0 Å². The summed E-state index contributed by atoms with van der Waals surface area (Å²) >= 11 is -3.34. The van der Waals surface area contributed by atoms with Crippen LogP contribution in [-0.2, 0) is 0 Å². The van der Waals surface area contributed by atoms with Gasteiger partial charge in [-0.25, -0.2) is 0 Å². The first-order valence-electron chi connectivity index (χ1n) is 8.83. The van der Waals surface area contributed by atoms with E-state index in [1.54, 1.807) is 6.47 Å². The van der Waals surface area contributed by atoms with Crippen molar-refractivity contribution in [3.05, 3.63) is 87.4 Å². The average molecular weight is 566 g/mol. The molecule has 3 heteroatoms. The van der Waals surface area contributed by atoms with Gasteiger partial charge < -0.3 is 0 Å². The van der Waals surface area contributed by atoms with E-state index in [4.69, 9.17) is 0 Å². The zero-order valence-electron chi connectivity index (χ0n) is 15.5. The summed E-state index contributed by atoms with van der Waals surface area (Å²) in [7, 11) is 0. The second-order valence-corrected chi connectivity index (χ2v) is 33.2. The van der Waals surface area contributed by atoms with Crippen LogP contribution in [0.2, 0.25) is 26.6 Å². The van der Waals surface area contributed by atoms with Gasteiger partial charge in [0.25, 0.3) is 0 Å². The molecule has 0 saturated heterocycles. The topological polar surface area (TPSA) is 0 Å². The second kappa shape index (κ2) is 11.5. The summed E-state index contributed by atoms with van der Waals surface area (Å²) in [5, 5.41) is 2.31. The van der Waals surface area contributed by atoms with Crippen molar-refractivity contribution in [2.24, 2.45) is 0 Å². The zero-order valence-corrected chi connectivity index (χ0v) is 22.0. The minimum absolute atomic E-state index is 1.15. The Labute approximate surface area is 167 Å². The van der Waals surface area contributed by atoms with Crippen LogP contribution in [0.25, 0.3) is 0 Å². The first kappa shape index (κ1) is 22.8.